The molecule has 0 unspecified atom stereocenters. The minimum atomic E-state index is 0.367. The summed E-state index contributed by atoms with van der Waals surface area (Å²) in [7, 11) is 0. The molecule has 0 bridgehead atoms. The van der Waals surface area contributed by atoms with Crippen LogP contribution in [-0.2, 0) is 6.61 Å². The predicted octanol–water partition coefficient (Wildman–Crippen LogP) is 3.50. The van der Waals surface area contributed by atoms with Crippen molar-refractivity contribution >= 4 is 5.69 Å². The van der Waals surface area contributed by atoms with E-state index < -0.39 is 0 Å². The summed E-state index contributed by atoms with van der Waals surface area (Å²) in [6.07, 6.45) is 2.15. The molecular weight excluding hydrogens is 272 g/mol. The zero-order valence-corrected chi connectivity index (χ0v) is 13.2. The third-order valence-corrected chi connectivity index (χ3v) is 4.30. The molecular formula is C19H24N2O. The van der Waals surface area contributed by atoms with Crippen LogP contribution in [0.4, 0.5) is 5.69 Å². The first kappa shape index (κ1) is 14.9. The van der Waals surface area contributed by atoms with Crippen molar-refractivity contribution in [1.82, 2.24) is 0 Å². The number of ether oxygens (including phenoxy) is 1. The number of rotatable bonds is 4. The van der Waals surface area contributed by atoms with Crippen molar-refractivity contribution in [1.29, 1.82) is 0 Å². The topological polar surface area (TPSA) is 38.5 Å². The maximum absolute atomic E-state index is 5.98. The zero-order chi connectivity index (χ0) is 15.4. The van der Waals surface area contributed by atoms with E-state index in [1.54, 1.807) is 0 Å². The summed E-state index contributed by atoms with van der Waals surface area (Å²) in [6.45, 7) is 4.81. The quantitative estimate of drug-likeness (QED) is 0.938. The highest BCUT2D eigenvalue weighted by atomic mass is 16.5. The Labute approximate surface area is 132 Å². The minimum Gasteiger partial charge on any atom is -0.489 e. The van der Waals surface area contributed by atoms with E-state index in [0.717, 1.165) is 31.7 Å². The average molecular weight is 296 g/mol. The largest absolute Gasteiger partial charge is 0.489 e. The fraction of sp³-hybridized carbons (Fsp3) is 0.368. The molecule has 0 atom stereocenters. The standard InChI is InChI=1S/C19H24N2O/c1-15-13-18(21-11-9-17(20)10-12-21)7-8-19(15)22-14-16-5-3-2-4-6-16/h2-8,13,17H,9-12,14,20H2,1H3. The van der Waals surface area contributed by atoms with Gasteiger partial charge >= 0.3 is 0 Å². The fourth-order valence-electron chi connectivity index (χ4n) is 2.89. The molecule has 1 heterocycles. The molecule has 1 fully saturated rings. The summed E-state index contributed by atoms with van der Waals surface area (Å²) in [6, 6.07) is 17.1. The van der Waals surface area contributed by atoms with Gasteiger partial charge in [-0.15, -0.1) is 0 Å². The highest BCUT2D eigenvalue weighted by Gasteiger charge is 2.16. The van der Waals surface area contributed by atoms with Crippen LogP contribution in [0.15, 0.2) is 48.5 Å². The van der Waals surface area contributed by atoms with Gasteiger partial charge in [-0.05, 0) is 49.1 Å². The second kappa shape index (κ2) is 6.84. The van der Waals surface area contributed by atoms with Gasteiger partial charge in [-0.1, -0.05) is 30.3 Å². The summed E-state index contributed by atoms with van der Waals surface area (Å²) >= 11 is 0. The molecule has 22 heavy (non-hydrogen) atoms. The second-order valence-electron chi connectivity index (χ2n) is 6.05. The smallest absolute Gasteiger partial charge is 0.122 e. The van der Waals surface area contributed by atoms with Gasteiger partial charge in [0.15, 0.2) is 0 Å². The number of hydrogen-bond acceptors (Lipinski definition) is 3. The van der Waals surface area contributed by atoms with E-state index in [2.05, 4.69) is 42.2 Å². The van der Waals surface area contributed by atoms with Crippen molar-refractivity contribution in [2.24, 2.45) is 5.73 Å². The van der Waals surface area contributed by atoms with Crippen LogP contribution in [0.3, 0.4) is 0 Å². The molecule has 0 saturated carbocycles. The first-order valence-corrected chi connectivity index (χ1v) is 8.00. The van der Waals surface area contributed by atoms with E-state index in [1.165, 1.54) is 16.8 Å². The lowest BCUT2D eigenvalue weighted by Gasteiger charge is -2.32. The Balaban J connectivity index is 1.64. The molecule has 0 spiro atoms. The summed E-state index contributed by atoms with van der Waals surface area (Å²) in [5.74, 6) is 0.960. The first-order valence-electron chi connectivity index (χ1n) is 8.00. The van der Waals surface area contributed by atoms with Crippen LogP contribution in [0, 0.1) is 6.92 Å². The molecule has 0 radical (unpaired) electrons. The van der Waals surface area contributed by atoms with Crippen molar-refractivity contribution in [2.75, 3.05) is 18.0 Å². The summed E-state index contributed by atoms with van der Waals surface area (Å²) in [4.78, 5) is 2.41. The van der Waals surface area contributed by atoms with Crippen LogP contribution in [0.2, 0.25) is 0 Å². The third kappa shape index (κ3) is 3.60. The van der Waals surface area contributed by atoms with Crippen LogP contribution in [0.5, 0.6) is 5.75 Å². The SMILES string of the molecule is Cc1cc(N2CCC(N)CC2)ccc1OCc1ccccc1. The van der Waals surface area contributed by atoms with Crippen LogP contribution >= 0.6 is 0 Å². The molecule has 1 saturated heterocycles. The molecule has 1 aliphatic rings. The monoisotopic (exact) mass is 296 g/mol. The van der Waals surface area contributed by atoms with Gasteiger partial charge in [0.2, 0.25) is 0 Å². The number of nitrogens with two attached hydrogens (primary N) is 1. The molecule has 0 aromatic heterocycles. The van der Waals surface area contributed by atoms with Crippen LogP contribution in [-0.4, -0.2) is 19.1 Å². The lowest BCUT2D eigenvalue weighted by molar-refractivity contribution is 0.304. The Morgan fingerprint density at radius 1 is 1.09 bits per heavy atom. The number of aryl methyl sites for hydroxylation is 1. The molecule has 2 aromatic carbocycles. The molecule has 2 aromatic rings. The van der Waals surface area contributed by atoms with E-state index in [9.17, 15) is 0 Å². The summed E-state index contributed by atoms with van der Waals surface area (Å²) in [5, 5.41) is 0. The van der Waals surface area contributed by atoms with E-state index in [0.29, 0.717) is 12.6 Å². The maximum Gasteiger partial charge on any atom is 0.122 e. The second-order valence-corrected chi connectivity index (χ2v) is 6.05. The summed E-state index contributed by atoms with van der Waals surface area (Å²) < 4.78 is 5.94. The number of anilines is 1. The van der Waals surface area contributed by atoms with Crippen molar-refractivity contribution in [3.05, 3.63) is 59.7 Å². The van der Waals surface area contributed by atoms with Crippen molar-refractivity contribution in [3.8, 4) is 5.75 Å². The molecule has 3 heteroatoms. The van der Waals surface area contributed by atoms with Gasteiger partial charge < -0.3 is 15.4 Å². The number of nitrogens with zero attached hydrogens (tertiary/aromatic N) is 1. The van der Waals surface area contributed by atoms with E-state index in [4.69, 9.17) is 10.5 Å². The van der Waals surface area contributed by atoms with Crippen molar-refractivity contribution in [3.63, 3.8) is 0 Å². The predicted molar refractivity (Wildman–Crippen MR) is 91.4 cm³/mol. The summed E-state index contributed by atoms with van der Waals surface area (Å²) in [5.41, 5.74) is 9.63. The fourth-order valence-corrected chi connectivity index (χ4v) is 2.89. The third-order valence-electron chi connectivity index (χ3n) is 4.30. The first-order chi connectivity index (χ1) is 10.7. The van der Waals surface area contributed by atoms with Gasteiger partial charge in [-0.2, -0.15) is 0 Å². The molecule has 0 amide bonds. The Bertz CT molecular complexity index is 604. The molecule has 1 aliphatic heterocycles. The van der Waals surface area contributed by atoms with Gasteiger partial charge in [0.1, 0.15) is 12.4 Å². The van der Waals surface area contributed by atoms with Gasteiger partial charge in [0.05, 0.1) is 0 Å². The zero-order valence-electron chi connectivity index (χ0n) is 13.2. The molecule has 3 nitrogen and oxygen atoms in total. The highest BCUT2D eigenvalue weighted by Crippen LogP contribution is 2.27. The van der Waals surface area contributed by atoms with Crippen LogP contribution in [0.1, 0.15) is 24.0 Å². The highest BCUT2D eigenvalue weighted by molar-refractivity contribution is 5.53. The van der Waals surface area contributed by atoms with E-state index >= 15 is 0 Å². The lowest BCUT2D eigenvalue weighted by atomic mass is 10.0. The van der Waals surface area contributed by atoms with Crippen molar-refractivity contribution < 1.29 is 4.74 Å². The molecule has 0 aliphatic carbocycles. The van der Waals surface area contributed by atoms with Gasteiger partial charge in [0, 0.05) is 24.8 Å². The van der Waals surface area contributed by atoms with Crippen LogP contribution < -0.4 is 15.4 Å². The van der Waals surface area contributed by atoms with Crippen molar-refractivity contribution in [2.45, 2.75) is 32.4 Å². The Morgan fingerprint density at radius 2 is 1.82 bits per heavy atom. The number of piperidine rings is 1. The Hall–Kier alpha value is -2.00. The lowest BCUT2D eigenvalue weighted by Crippen LogP contribution is -2.39. The normalized spacial score (nSPS) is 15.8. The number of hydrogen-bond donors (Lipinski definition) is 1. The van der Waals surface area contributed by atoms with Gasteiger partial charge in [-0.25, -0.2) is 0 Å². The minimum absolute atomic E-state index is 0.367. The molecule has 2 N–H and O–H groups in total. The van der Waals surface area contributed by atoms with E-state index in [-0.39, 0.29) is 0 Å². The average Bonchev–Trinajstić information content (AvgIpc) is 2.55. The van der Waals surface area contributed by atoms with E-state index in [1.807, 2.05) is 18.2 Å². The number of benzene rings is 2. The maximum atomic E-state index is 5.98. The Kier molecular flexibility index (Phi) is 4.64. The molecule has 116 valence electrons. The Morgan fingerprint density at radius 3 is 2.50 bits per heavy atom. The van der Waals surface area contributed by atoms with Crippen LogP contribution in [0.25, 0.3) is 0 Å². The van der Waals surface area contributed by atoms with Gasteiger partial charge in [-0.3, -0.25) is 0 Å². The van der Waals surface area contributed by atoms with Gasteiger partial charge in [0.25, 0.3) is 0 Å². The molecule has 3 rings (SSSR count).